The molecular weight excluding hydrogens is 217 g/mol. The van der Waals surface area contributed by atoms with E-state index in [9.17, 15) is 13.2 Å². The normalized spacial score (nSPS) is 10.5. The van der Waals surface area contributed by atoms with Crippen LogP contribution in [0, 0.1) is 13.8 Å². The molecule has 0 aliphatic carbocycles. The fourth-order valence-corrected chi connectivity index (χ4v) is 1.14. The van der Waals surface area contributed by atoms with E-state index in [0.29, 0.717) is 11.4 Å². The number of hydrogen-bond donors (Lipinski definition) is 1. The Morgan fingerprint density at radius 3 is 2.06 bits per heavy atom. The van der Waals surface area contributed by atoms with Gasteiger partial charge < -0.3 is 5.32 Å². The van der Waals surface area contributed by atoms with E-state index in [4.69, 9.17) is 0 Å². The van der Waals surface area contributed by atoms with Gasteiger partial charge in [0.25, 0.3) is 0 Å². The Labute approximate surface area is 93.9 Å². The molecule has 2 nitrogen and oxygen atoms in total. The SMILES string of the molecule is CC.CNc1cc(C(F)(F)F)nc(C)c1C. The smallest absolute Gasteiger partial charge is 0.388 e. The third-order valence-electron chi connectivity index (χ3n) is 2.08. The lowest BCUT2D eigenvalue weighted by Gasteiger charge is -2.12. The zero-order chi connectivity index (χ0) is 12.9. The standard InChI is InChI=1S/C9H11F3N2.C2H6/c1-5-6(2)14-8(9(10,11)12)4-7(5)13-3;1-2/h4H,1-3H3,(H,13,14);1-2H3. The van der Waals surface area contributed by atoms with Gasteiger partial charge in [0.1, 0.15) is 5.69 Å². The molecule has 0 atom stereocenters. The number of nitrogens with one attached hydrogen (secondary N) is 1. The van der Waals surface area contributed by atoms with Crippen molar-refractivity contribution in [1.29, 1.82) is 0 Å². The highest BCUT2D eigenvalue weighted by atomic mass is 19.4. The number of hydrogen-bond acceptors (Lipinski definition) is 2. The predicted molar refractivity (Wildman–Crippen MR) is 59.6 cm³/mol. The minimum atomic E-state index is -4.38. The van der Waals surface area contributed by atoms with Crippen molar-refractivity contribution >= 4 is 5.69 Å². The Hall–Kier alpha value is -1.26. The van der Waals surface area contributed by atoms with Crippen molar-refractivity contribution in [1.82, 2.24) is 4.98 Å². The summed E-state index contributed by atoms with van der Waals surface area (Å²) in [6.07, 6.45) is -4.38. The highest BCUT2D eigenvalue weighted by Crippen LogP contribution is 2.31. The summed E-state index contributed by atoms with van der Waals surface area (Å²) in [5.74, 6) is 0. The summed E-state index contributed by atoms with van der Waals surface area (Å²) in [5.41, 5.74) is 0.736. The molecule has 1 aromatic heterocycles. The topological polar surface area (TPSA) is 24.9 Å². The van der Waals surface area contributed by atoms with Gasteiger partial charge in [-0.1, -0.05) is 13.8 Å². The molecule has 1 rings (SSSR count). The van der Waals surface area contributed by atoms with Gasteiger partial charge in [-0.05, 0) is 25.5 Å². The Balaban J connectivity index is 0.00000106. The van der Waals surface area contributed by atoms with Crippen LogP contribution >= 0.6 is 0 Å². The minimum Gasteiger partial charge on any atom is -0.388 e. The van der Waals surface area contributed by atoms with Crippen molar-refractivity contribution in [2.24, 2.45) is 0 Å². The van der Waals surface area contributed by atoms with Crippen LogP contribution in [0.2, 0.25) is 0 Å². The van der Waals surface area contributed by atoms with Crippen LogP contribution in [-0.2, 0) is 6.18 Å². The van der Waals surface area contributed by atoms with E-state index in [1.807, 2.05) is 13.8 Å². The molecule has 1 aromatic rings. The highest BCUT2D eigenvalue weighted by Gasteiger charge is 2.33. The fourth-order valence-electron chi connectivity index (χ4n) is 1.14. The quantitative estimate of drug-likeness (QED) is 0.799. The zero-order valence-electron chi connectivity index (χ0n) is 10.2. The first-order valence-electron chi connectivity index (χ1n) is 5.09. The van der Waals surface area contributed by atoms with Gasteiger partial charge in [-0.3, -0.25) is 0 Å². The van der Waals surface area contributed by atoms with Gasteiger partial charge in [-0.15, -0.1) is 0 Å². The molecule has 0 saturated heterocycles. The second-order valence-corrected chi connectivity index (χ2v) is 3.01. The first-order chi connectivity index (χ1) is 7.36. The molecule has 0 amide bonds. The van der Waals surface area contributed by atoms with Crippen LogP contribution in [0.1, 0.15) is 30.8 Å². The number of rotatable bonds is 1. The summed E-state index contributed by atoms with van der Waals surface area (Å²) in [6.45, 7) is 7.29. The van der Waals surface area contributed by atoms with Crippen LogP contribution in [0.5, 0.6) is 0 Å². The second-order valence-electron chi connectivity index (χ2n) is 3.01. The van der Waals surface area contributed by atoms with Crippen LogP contribution in [0.4, 0.5) is 18.9 Å². The maximum Gasteiger partial charge on any atom is 0.433 e. The highest BCUT2D eigenvalue weighted by molar-refractivity contribution is 5.52. The number of alkyl halides is 3. The van der Waals surface area contributed by atoms with E-state index in [1.54, 1.807) is 20.9 Å². The van der Waals surface area contributed by atoms with E-state index in [-0.39, 0.29) is 0 Å². The second kappa shape index (κ2) is 5.72. The molecule has 0 spiro atoms. The molecule has 0 aromatic carbocycles. The Kier molecular flexibility index (Phi) is 5.27. The van der Waals surface area contributed by atoms with Gasteiger partial charge in [0, 0.05) is 18.4 Å². The summed E-state index contributed by atoms with van der Waals surface area (Å²) < 4.78 is 37.0. The van der Waals surface area contributed by atoms with Gasteiger partial charge in [-0.25, -0.2) is 4.98 Å². The first kappa shape index (κ1) is 14.7. The molecule has 5 heteroatoms. The molecule has 0 bridgehead atoms. The molecular formula is C11H17F3N2. The van der Waals surface area contributed by atoms with E-state index in [2.05, 4.69) is 10.3 Å². The number of anilines is 1. The lowest BCUT2D eigenvalue weighted by Crippen LogP contribution is -2.10. The summed E-state index contributed by atoms with van der Waals surface area (Å²) in [6, 6.07) is 1.02. The number of pyridine rings is 1. The average Bonchev–Trinajstić information content (AvgIpc) is 2.23. The van der Waals surface area contributed by atoms with E-state index >= 15 is 0 Å². The number of halogens is 3. The fraction of sp³-hybridized carbons (Fsp3) is 0.545. The van der Waals surface area contributed by atoms with Crippen molar-refractivity contribution in [2.75, 3.05) is 12.4 Å². The van der Waals surface area contributed by atoms with Crippen LogP contribution in [0.25, 0.3) is 0 Å². The monoisotopic (exact) mass is 234 g/mol. The van der Waals surface area contributed by atoms with Crippen LogP contribution < -0.4 is 5.32 Å². The Morgan fingerprint density at radius 1 is 1.19 bits per heavy atom. The number of aryl methyl sites for hydroxylation is 1. The largest absolute Gasteiger partial charge is 0.433 e. The van der Waals surface area contributed by atoms with Gasteiger partial charge in [0.15, 0.2) is 0 Å². The molecule has 0 unspecified atom stereocenters. The average molecular weight is 234 g/mol. The van der Waals surface area contributed by atoms with Crippen molar-refractivity contribution in [2.45, 2.75) is 33.9 Å². The molecule has 0 aliphatic rings. The number of nitrogens with zero attached hydrogens (tertiary/aromatic N) is 1. The number of aromatic nitrogens is 1. The third kappa shape index (κ3) is 3.40. The van der Waals surface area contributed by atoms with E-state index < -0.39 is 11.9 Å². The maximum absolute atomic E-state index is 12.3. The van der Waals surface area contributed by atoms with E-state index in [0.717, 1.165) is 11.6 Å². The summed E-state index contributed by atoms with van der Waals surface area (Å²) in [7, 11) is 1.59. The third-order valence-corrected chi connectivity index (χ3v) is 2.08. The first-order valence-corrected chi connectivity index (χ1v) is 5.09. The maximum atomic E-state index is 12.3. The van der Waals surface area contributed by atoms with Crippen LogP contribution in [0.15, 0.2) is 6.07 Å². The van der Waals surface area contributed by atoms with Crippen molar-refractivity contribution in [3.63, 3.8) is 0 Å². The van der Waals surface area contributed by atoms with Crippen molar-refractivity contribution in [3.8, 4) is 0 Å². The molecule has 16 heavy (non-hydrogen) atoms. The Bertz CT molecular complexity index is 346. The lowest BCUT2D eigenvalue weighted by molar-refractivity contribution is -0.141. The summed E-state index contributed by atoms with van der Waals surface area (Å²) >= 11 is 0. The molecule has 0 fully saturated rings. The summed E-state index contributed by atoms with van der Waals surface area (Å²) in [4.78, 5) is 3.49. The van der Waals surface area contributed by atoms with Crippen LogP contribution in [-0.4, -0.2) is 12.0 Å². The zero-order valence-corrected chi connectivity index (χ0v) is 10.2. The molecule has 1 heterocycles. The Morgan fingerprint density at radius 2 is 1.69 bits per heavy atom. The van der Waals surface area contributed by atoms with Crippen molar-refractivity contribution in [3.05, 3.63) is 23.0 Å². The van der Waals surface area contributed by atoms with Gasteiger partial charge in [-0.2, -0.15) is 13.2 Å². The summed E-state index contributed by atoms with van der Waals surface area (Å²) in [5, 5.41) is 2.71. The molecule has 1 N–H and O–H groups in total. The van der Waals surface area contributed by atoms with Gasteiger partial charge >= 0.3 is 6.18 Å². The van der Waals surface area contributed by atoms with Gasteiger partial charge in [0.2, 0.25) is 0 Å². The molecule has 0 aliphatic heterocycles. The molecule has 0 radical (unpaired) electrons. The van der Waals surface area contributed by atoms with Crippen LogP contribution in [0.3, 0.4) is 0 Å². The van der Waals surface area contributed by atoms with Gasteiger partial charge in [0.05, 0.1) is 0 Å². The van der Waals surface area contributed by atoms with E-state index in [1.165, 1.54) is 0 Å². The molecule has 0 saturated carbocycles. The lowest BCUT2D eigenvalue weighted by atomic mass is 10.1. The predicted octanol–water partition coefficient (Wildman–Crippen LogP) is 3.79. The van der Waals surface area contributed by atoms with Crippen molar-refractivity contribution < 1.29 is 13.2 Å². The molecule has 92 valence electrons. The minimum absolute atomic E-state index is 0.393.